The zero-order valence-corrected chi connectivity index (χ0v) is 15.8. The Bertz CT molecular complexity index is 673. The molecule has 140 valence electrons. The van der Waals surface area contributed by atoms with Gasteiger partial charge in [-0.1, -0.05) is 68.4 Å². The largest absolute Gasteiger partial charge is 0.372 e. The number of hydrogen-bond donors (Lipinski definition) is 2. The van der Waals surface area contributed by atoms with Crippen LogP contribution in [0.25, 0.3) is 0 Å². The van der Waals surface area contributed by atoms with E-state index in [9.17, 15) is 4.79 Å². The van der Waals surface area contributed by atoms with E-state index in [1.54, 1.807) is 0 Å². The Morgan fingerprint density at radius 3 is 2.19 bits per heavy atom. The number of nitrogens with one attached hydrogen (secondary N) is 1. The molecule has 0 atom stereocenters. The molecule has 0 unspecified atom stereocenters. The van der Waals surface area contributed by atoms with Gasteiger partial charge in [-0.25, -0.2) is 0 Å². The van der Waals surface area contributed by atoms with E-state index in [1.165, 1.54) is 0 Å². The molecule has 1 amide bonds. The van der Waals surface area contributed by atoms with Crippen molar-refractivity contribution in [3.63, 3.8) is 0 Å². The lowest BCUT2D eigenvalue weighted by Crippen LogP contribution is -2.45. The van der Waals surface area contributed by atoms with Crippen molar-refractivity contribution >= 4 is 5.91 Å². The highest BCUT2D eigenvalue weighted by molar-refractivity contribution is 5.82. The normalized spacial score (nSPS) is 11.3. The van der Waals surface area contributed by atoms with Gasteiger partial charge in [0.1, 0.15) is 0 Å². The van der Waals surface area contributed by atoms with Gasteiger partial charge in [-0.3, -0.25) is 4.79 Å². The maximum atomic E-state index is 12.6. The number of amides is 1. The van der Waals surface area contributed by atoms with Gasteiger partial charge in [0.2, 0.25) is 5.91 Å². The first-order valence-electron chi connectivity index (χ1n) is 9.32. The lowest BCUT2D eigenvalue weighted by Gasteiger charge is -2.28. The highest BCUT2D eigenvalue weighted by Crippen LogP contribution is 2.25. The number of carbonyl (C=O) groups is 1. The van der Waals surface area contributed by atoms with Crippen LogP contribution >= 0.6 is 0 Å². The van der Waals surface area contributed by atoms with Crippen molar-refractivity contribution in [2.45, 2.75) is 46.4 Å². The van der Waals surface area contributed by atoms with Crippen LogP contribution in [0.3, 0.4) is 0 Å². The van der Waals surface area contributed by atoms with Gasteiger partial charge in [-0.15, -0.1) is 0 Å². The summed E-state index contributed by atoms with van der Waals surface area (Å²) in [6, 6.07) is 18.2. The van der Waals surface area contributed by atoms with Gasteiger partial charge in [0, 0.05) is 13.1 Å². The van der Waals surface area contributed by atoms with E-state index in [4.69, 9.17) is 10.5 Å². The Hall–Kier alpha value is -2.17. The minimum atomic E-state index is -0.473. The van der Waals surface area contributed by atoms with E-state index >= 15 is 0 Å². The lowest BCUT2D eigenvalue weighted by atomic mass is 9.81. The zero-order valence-electron chi connectivity index (χ0n) is 15.8. The molecule has 0 bridgehead atoms. The van der Waals surface area contributed by atoms with Crippen molar-refractivity contribution in [1.29, 1.82) is 0 Å². The molecule has 4 heteroatoms. The van der Waals surface area contributed by atoms with E-state index in [0.717, 1.165) is 29.5 Å². The standard InChI is InChI=1S/C22H30N2O2/c1-3-22(4-2,17-23)21(25)24-14-19-12-8-9-13-20(19)16-26-15-18-10-6-5-7-11-18/h5-13H,3-4,14-17,23H2,1-2H3,(H,24,25). The summed E-state index contributed by atoms with van der Waals surface area (Å²) in [4.78, 5) is 12.6. The summed E-state index contributed by atoms with van der Waals surface area (Å²) in [5, 5.41) is 3.07. The molecule has 2 aromatic carbocycles. The van der Waals surface area contributed by atoms with Gasteiger partial charge >= 0.3 is 0 Å². The average Bonchev–Trinajstić information content (AvgIpc) is 2.70. The number of benzene rings is 2. The first kappa shape index (κ1) is 20.1. The smallest absolute Gasteiger partial charge is 0.227 e. The summed E-state index contributed by atoms with van der Waals surface area (Å²) in [7, 11) is 0. The highest BCUT2D eigenvalue weighted by atomic mass is 16.5. The summed E-state index contributed by atoms with van der Waals surface area (Å²) < 4.78 is 5.85. The molecule has 26 heavy (non-hydrogen) atoms. The van der Waals surface area contributed by atoms with Crippen molar-refractivity contribution in [3.05, 3.63) is 71.3 Å². The van der Waals surface area contributed by atoms with Crippen molar-refractivity contribution in [1.82, 2.24) is 5.32 Å². The van der Waals surface area contributed by atoms with Crippen molar-refractivity contribution in [3.8, 4) is 0 Å². The van der Waals surface area contributed by atoms with Gasteiger partial charge in [-0.05, 0) is 29.5 Å². The van der Waals surface area contributed by atoms with Crippen LogP contribution in [0.15, 0.2) is 54.6 Å². The molecule has 0 saturated heterocycles. The second-order valence-corrected chi connectivity index (χ2v) is 6.62. The van der Waals surface area contributed by atoms with Crippen LogP contribution in [0.4, 0.5) is 0 Å². The first-order chi connectivity index (χ1) is 12.6. The molecule has 0 heterocycles. The Morgan fingerprint density at radius 1 is 0.962 bits per heavy atom. The second-order valence-electron chi connectivity index (χ2n) is 6.62. The maximum absolute atomic E-state index is 12.6. The van der Waals surface area contributed by atoms with E-state index in [1.807, 2.05) is 68.4 Å². The monoisotopic (exact) mass is 354 g/mol. The third kappa shape index (κ3) is 5.16. The second kappa shape index (κ2) is 10.1. The van der Waals surface area contributed by atoms with Gasteiger partial charge in [0.15, 0.2) is 0 Å². The van der Waals surface area contributed by atoms with Crippen LogP contribution in [0.2, 0.25) is 0 Å². The predicted octanol–water partition coefficient (Wildman–Crippen LogP) is 3.78. The molecule has 0 saturated carbocycles. The molecule has 2 aromatic rings. The first-order valence-corrected chi connectivity index (χ1v) is 9.32. The van der Waals surface area contributed by atoms with Crippen LogP contribution in [0.5, 0.6) is 0 Å². The zero-order chi connectivity index (χ0) is 18.8. The molecule has 0 aliphatic rings. The molecule has 3 N–H and O–H groups in total. The number of nitrogens with two attached hydrogens (primary N) is 1. The lowest BCUT2D eigenvalue weighted by molar-refractivity contribution is -0.131. The number of carbonyl (C=O) groups excluding carboxylic acids is 1. The van der Waals surface area contributed by atoms with Crippen molar-refractivity contribution in [2.75, 3.05) is 6.54 Å². The highest BCUT2D eigenvalue weighted by Gasteiger charge is 2.32. The quantitative estimate of drug-likeness (QED) is 0.682. The Kier molecular flexibility index (Phi) is 7.82. The molecule has 4 nitrogen and oxygen atoms in total. The number of ether oxygens (including phenoxy) is 1. The topological polar surface area (TPSA) is 64.4 Å². The van der Waals surface area contributed by atoms with Crippen LogP contribution in [-0.4, -0.2) is 12.5 Å². The average molecular weight is 354 g/mol. The van der Waals surface area contributed by atoms with Gasteiger partial charge in [-0.2, -0.15) is 0 Å². The number of rotatable bonds is 10. The molecule has 0 aromatic heterocycles. The minimum Gasteiger partial charge on any atom is -0.372 e. The molecule has 0 spiro atoms. The summed E-state index contributed by atoms with van der Waals surface area (Å²) in [5.41, 5.74) is 8.71. The van der Waals surface area contributed by atoms with Crippen LogP contribution in [0, 0.1) is 5.41 Å². The van der Waals surface area contributed by atoms with Crippen LogP contribution in [0.1, 0.15) is 43.4 Å². The molecule has 0 aliphatic heterocycles. The predicted molar refractivity (Wildman–Crippen MR) is 105 cm³/mol. The number of hydrogen-bond acceptors (Lipinski definition) is 3. The third-order valence-corrected chi connectivity index (χ3v) is 5.15. The third-order valence-electron chi connectivity index (χ3n) is 5.15. The molecule has 0 radical (unpaired) electrons. The van der Waals surface area contributed by atoms with Gasteiger partial charge in [0.05, 0.1) is 18.6 Å². The van der Waals surface area contributed by atoms with Gasteiger partial charge < -0.3 is 15.8 Å². The van der Waals surface area contributed by atoms with Gasteiger partial charge in [0.25, 0.3) is 0 Å². The molecule has 2 rings (SSSR count). The molecule has 0 aliphatic carbocycles. The Labute approximate surface area is 156 Å². The Balaban J connectivity index is 1.95. The summed E-state index contributed by atoms with van der Waals surface area (Å²) >= 11 is 0. The van der Waals surface area contributed by atoms with E-state index < -0.39 is 5.41 Å². The molecule has 0 fully saturated rings. The van der Waals surface area contributed by atoms with Crippen LogP contribution in [-0.2, 0) is 29.3 Å². The summed E-state index contributed by atoms with van der Waals surface area (Å²) in [6.07, 6.45) is 1.49. The van der Waals surface area contributed by atoms with E-state index in [-0.39, 0.29) is 5.91 Å². The Morgan fingerprint density at radius 2 is 1.58 bits per heavy atom. The molecular formula is C22H30N2O2. The van der Waals surface area contributed by atoms with Crippen LogP contribution < -0.4 is 11.1 Å². The fourth-order valence-corrected chi connectivity index (χ4v) is 3.04. The summed E-state index contributed by atoms with van der Waals surface area (Å²) in [5.74, 6) is 0.0324. The van der Waals surface area contributed by atoms with E-state index in [2.05, 4.69) is 5.32 Å². The van der Waals surface area contributed by atoms with E-state index in [0.29, 0.717) is 26.3 Å². The molecular weight excluding hydrogens is 324 g/mol. The fourth-order valence-electron chi connectivity index (χ4n) is 3.04. The van der Waals surface area contributed by atoms with Crippen molar-refractivity contribution in [2.24, 2.45) is 11.1 Å². The van der Waals surface area contributed by atoms with Crippen molar-refractivity contribution < 1.29 is 9.53 Å². The SMILES string of the molecule is CCC(CC)(CN)C(=O)NCc1ccccc1COCc1ccccc1. The fraction of sp³-hybridized carbons (Fsp3) is 0.409. The maximum Gasteiger partial charge on any atom is 0.227 e. The minimum absolute atomic E-state index is 0.0324. The summed E-state index contributed by atoms with van der Waals surface area (Å²) in [6.45, 7) is 5.98.